The number of para-hydroxylation sites is 1. The Bertz CT molecular complexity index is 452. The third-order valence-corrected chi connectivity index (χ3v) is 3.19. The Balaban J connectivity index is 2.69. The molecule has 0 heterocycles. The highest BCUT2D eigenvalue weighted by molar-refractivity contribution is 6.32. The molecule has 1 aromatic carbocycles. The predicted molar refractivity (Wildman–Crippen MR) is 78.3 cm³/mol. The van der Waals surface area contributed by atoms with Gasteiger partial charge in [-0.25, -0.2) is 0 Å². The Kier molecular flexibility index (Phi) is 6.14. The summed E-state index contributed by atoms with van der Waals surface area (Å²) in [6, 6.07) is 8.00. The van der Waals surface area contributed by atoms with E-state index in [0.717, 1.165) is 24.4 Å². The summed E-state index contributed by atoms with van der Waals surface area (Å²) in [5.41, 5.74) is 0.674. The SMILES string of the molecule is CCNCc1cccc(Cl)c1OCCC(C)(C)C#N. The van der Waals surface area contributed by atoms with Crippen LogP contribution in [-0.4, -0.2) is 13.2 Å². The fourth-order valence-corrected chi connectivity index (χ4v) is 1.83. The van der Waals surface area contributed by atoms with Crippen molar-refractivity contribution in [3.63, 3.8) is 0 Å². The van der Waals surface area contributed by atoms with E-state index in [1.165, 1.54) is 0 Å². The van der Waals surface area contributed by atoms with Crippen LogP contribution in [0.15, 0.2) is 18.2 Å². The molecular formula is C15H21ClN2O. The number of rotatable bonds is 7. The van der Waals surface area contributed by atoms with Gasteiger partial charge in [-0.1, -0.05) is 30.7 Å². The van der Waals surface area contributed by atoms with Gasteiger partial charge in [0.1, 0.15) is 5.75 Å². The molecule has 0 unspecified atom stereocenters. The van der Waals surface area contributed by atoms with E-state index in [9.17, 15) is 0 Å². The summed E-state index contributed by atoms with van der Waals surface area (Å²) in [6.45, 7) is 7.98. The van der Waals surface area contributed by atoms with Gasteiger partial charge in [-0.05, 0) is 32.9 Å². The summed E-state index contributed by atoms with van der Waals surface area (Å²) in [5, 5.41) is 12.8. The second-order valence-corrected chi connectivity index (χ2v) is 5.51. The zero-order valence-electron chi connectivity index (χ0n) is 11.8. The molecule has 0 aliphatic heterocycles. The molecule has 3 nitrogen and oxygen atoms in total. The fraction of sp³-hybridized carbons (Fsp3) is 0.533. The summed E-state index contributed by atoms with van der Waals surface area (Å²) in [4.78, 5) is 0. The van der Waals surface area contributed by atoms with Crippen molar-refractivity contribution in [2.45, 2.75) is 33.7 Å². The lowest BCUT2D eigenvalue weighted by atomic mass is 9.92. The van der Waals surface area contributed by atoms with Crippen LogP contribution in [0.1, 0.15) is 32.8 Å². The highest BCUT2D eigenvalue weighted by Gasteiger charge is 2.17. The van der Waals surface area contributed by atoms with Crippen LogP contribution in [0, 0.1) is 16.7 Å². The summed E-state index contributed by atoms with van der Waals surface area (Å²) >= 11 is 6.17. The molecule has 0 saturated heterocycles. The summed E-state index contributed by atoms with van der Waals surface area (Å²) in [6.07, 6.45) is 0.676. The smallest absolute Gasteiger partial charge is 0.142 e. The first kappa shape index (κ1) is 15.8. The van der Waals surface area contributed by atoms with Gasteiger partial charge in [-0.15, -0.1) is 0 Å². The van der Waals surface area contributed by atoms with Crippen molar-refractivity contribution in [2.75, 3.05) is 13.2 Å². The number of halogens is 1. The van der Waals surface area contributed by atoms with Gasteiger partial charge in [0.05, 0.1) is 23.1 Å². The van der Waals surface area contributed by atoms with Gasteiger partial charge in [-0.2, -0.15) is 5.26 Å². The largest absolute Gasteiger partial charge is 0.492 e. The third kappa shape index (κ3) is 5.10. The van der Waals surface area contributed by atoms with Gasteiger partial charge in [0.25, 0.3) is 0 Å². The topological polar surface area (TPSA) is 45.0 Å². The van der Waals surface area contributed by atoms with Gasteiger partial charge < -0.3 is 10.1 Å². The molecule has 0 saturated carbocycles. The van der Waals surface area contributed by atoms with Gasteiger partial charge in [0.15, 0.2) is 0 Å². The number of hydrogen-bond donors (Lipinski definition) is 1. The average Bonchev–Trinajstić information content (AvgIpc) is 2.38. The van der Waals surface area contributed by atoms with Crippen LogP contribution in [0.5, 0.6) is 5.75 Å². The van der Waals surface area contributed by atoms with Crippen molar-refractivity contribution in [1.82, 2.24) is 5.32 Å². The van der Waals surface area contributed by atoms with Gasteiger partial charge in [-0.3, -0.25) is 0 Å². The van der Waals surface area contributed by atoms with Crippen LogP contribution in [-0.2, 0) is 6.54 Å². The molecule has 0 fully saturated rings. The summed E-state index contributed by atoms with van der Waals surface area (Å²) in [5.74, 6) is 0.721. The predicted octanol–water partition coefficient (Wildman–Crippen LogP) is 3.77. The molecule has 0 atom stereocenters. The molecule has 0 amide bonds. The lowest BCUT2D eigenvalue weighted by Gasteiger charge is -2.17. The molecular weight excluding hydrogens is 260 g/mol. The van der Waals surface area contributed by atoms with E-state index in [-0.39, 0.29) is 5.41 Å². The van der Waals surface area contributed by atoms with Crippen LogP contribution in [0.3, 0.4) is 0 Å². The minimum absolute atomic E-state index is 0.372. The number of ether oxygens (including phenoxy) is 1. The molecule has 0 aliphatic carbocycles. The molecule has 4 heteroatoms. The molecule has 104 valence electrons. The van der Waals surface area contributed by atoms with Crippen LogP contribution in [0.2, 0.25) is 5.02 Å². The molecule has 0 spiro atoms. The summed E-state index contributed by atoms with van der Waals surface area (Å²) < 4.78 is 5.78. The third-order valence-electron chi connectivity index (χ3n) is 2.89. The van der Waals surface area contributed by atoms with Crippen molar-refractivity contribution in [3.8, 4) is 11.8 Å². The first-order valence-corrected chi connectivity index (χ1v) is 6.90. The normalized spacial score (nSPS) is 11.1. The Labute approximate surface area is 120 Å². The zero-order chi connectivity index (χ0) is 14.3. The maximum Gasteiger partial charge on any atom is 0.142 e. The number of hydrogen-bond acceptors (Lipinski definition) is 3. The zero-order valence-corrected chi connectivity index (χ0v) is 12.5. The molecule has 1 aromatic rings. The van der Waals surface area contributed by atoms with E-state index in [4.69, 9.17) is 21.6 Å². The molecule has 19 heavy (non-hydrogen) atoms. The van der Waals surface area contributed by atoms with Gasteiger partial charge in [0, 0.05) is 12.1 Å². The minimum Gasteiger partial charge on any atom is -0.492 e. The van der Waals surface area contributed by atoms with E-state index in [1.807, 2.05) is 32.0 Å². The van der Waals surface area contributed by atoms with Crippen molar-refractivity contribution < 1.29 is 4.74 Å². The first-order chi connectivity index (χ1) is 9.00. The second-order valence-electron chi connectivity index (χ2n) is 5.10. The number of nitrogens with zero attached hydrogens (tertiary/aromatic N) is 1. The molecule has 0 bridgehead atoms. The van der Waals surface area contributed by atoms with E-state index >= 15 is 0 Å². The second kappa shape index (κ2) is 7.37. The van der Waals surface area contributed by atoms with E-state index < -0.39 is 0 Å². The van der Waals surface area contributed by atoms with Crippen molar-refractivity contribution in [2.24, 2.45) is 5.41 Å². The maximum absolute atomic E-state index is 8.97. The number of nitriles is 1. The van der Waals surface area contributed by atoms with Gasteiger partial charge >= 0.3 is 0 Å². The molecule has 0 aromatic heterocycles. The Morgan fingerprint density at radius 3 is 2.79 bits per heavy atom. The molecule has 1 rings (SSSR count). The Hall–Kier alpha value is -1.24. The lowest BCUT2D eigenvalue weighted by molar-refractivity contribution is 0.262. The van der Waals surface area contributed by atoms with Crippen LogP contribution < -0.4 is 10.1 Å². The first-order valence-electron chi connectivity index (χ1n) is 6.52. The van der Waals surface area contributed by atoms with E-state index in [0.29, 0.717) is 18.1 Å². The fourth-order valence-electron chi connectivity index (χ4n) is 1.58. The minimum atomic E-state index is -0.372. The van der Waals surface area contributed by atoms with Crippen molar-refractivity contribution in [1.29, 1.82) is 5.26 Å². The molecule has 1 N–H and O–H groups in total. The monoisotopic (exact) mass is 280 g/mol. The highest BCUT2D eigenvalue weighted by Crippen LogP contribution is 2.29. The Morgan fingerprint density at radius 1 is 1.42 bits per heavy atom. The van der Waals surface area contributed by atoms with Crippen molar-refractivity contribution >= 4 is 11.6 Å². The molecule has 0 radical (unpaired) electrons. The van der Waals surface area contributed by atoms with Crippen LogP contribution >= 0.6 is 11.6 Å². The number of nitrogens with one attached hydrogen (secondary N) is 1. The average molecular weight is 281 g/mol. The molecule has 0 aliphatic rings. The standard InChI is InChI=1S/C15H21ClN2O/c1-4-18-10-12-6-5-7-13(16)14(12)19-9-8-15(2,3)11-17/h5-7,18H,4,8-10H2,1-3H3. The maximum atomic E-state index is 8.97. The van der Waals surface area contributed by atoms with Crippen molar-refractivity contribution in [3.05, 3.63) is 28.8 Å². The summed E-state index contributed by atoms with van der Waals surface area (Å²) in [7, 11) is 0. The Morgan fingerprint density at radius 2 is 2.16 bits per heavy atom. The van der Waals surface area contributed by atoms with Crippen LogP contribution in [0.25, 0.3) is 0 Å². The number of benzene rings is 1. The quantitative estimate of drug-likeness (QED) is 0.827. The van der Waals surface area contributed by atoms with Gasteiger partial charge in [0.2, 0.25) is 0 Å². The van der Waals surface area contributed by atoms with E-state index in [1.54, 1.807) is 0 Å². The lowest BCUT2D eigenvalue weighted by Crippen LogP contribution is -2.16. The van der Waals surface area contributed by atoms with E-state index in [2.05, 4.69) is 18.3 Å². The highest BCUT2D eigenvalue weighted by atomic mass is 35.5. The van der Waals surface area contributed by atoms with Crippen LogP contribution in [0.4, 0.5) is 0 Å².